The highest BCUT2D eigenvalue weighted by Crippen LogP contribution is 2.33. The first kappa shape index (κ1) is 14.6. The second-order valence-electron chi connectivity index (χ2n) is 5.17. The summed E-state index contributed by atoms with van der Waals surface area (Å²) in [5.41, 5.74) is 0.183. The number of hydrogen-bond acceptors (Lipinski definition) is 1. The van der Waals surface area contributed by atoms with Crippen LogP contribution < -0.4 is 0 Å². The topological polar surface area (TPSA) is 20.2 Å². The first-order valence-electron chi connectivity index (χ1n) is 6.18. The number of aliphatic hydroxyl groups is 1. The van der Waals surface area contributed by atoms with Crippen LogP contribution in [0.15, 0.2) is 30.3 Å². The first-order valence-corrected chi connectivity index (χ1v) is 6.18. The summed E-state index contributed by atoms with van der Waals surface area (Å²) in [5, 5.41) is 10.6. The Balaban J connectivity index is 2.63. The molecule has 0 amide bonds. The summed E-state index contributed by atoms with van der Waals surface area (Å²) in [4.78, 5) is 0. The van der Waals surface area contributed by atoms with E-state index in [9.17, 15) is 18.3 Å². The zero-order valence-electron chi connectivity index (χ0n) is 11.5. The Morgan fingerprint density at radius 2 is 1.45 bits per heavy atom. The maximum absolute atomic E-state index is 13.9. The van der Waals surface area contributed by atoms with Crippen molar-refractivity contribution in [3.63, 3.8) is 0 Å². The van der Waals surface area contributed by atoms with Gasteiger partial charge < -0.3 is 5.11 Å². The van der Waals surface area contributed by atoms with E-state index in [0.29, 0.717) is 5.56 Å². The third-order valence-corrected chi connectivity index (χ3v) is 3.34. The molecular weight excluding hydrogens is 265 g/mol. The lowest BCUT2D eigenvalue weighted by Crippen LogP contribution is -2.25. The fraction of sp³-hybridized carbons (Fsp3) is 0.250. The predicted octanol–water partition coefficient (Wildman–Crippen LogP) is 3.98. The number of halogens is 3. The van der Waals surface area contributed by atoms with Crippen LogP contribution in [-0.4, -0.2) is 5.11 Å². The van der Waals surface area contributed by atoms with Crippen LogP contribution in [-0.2, 0) is 5.60 Å². The highest BCUT2D eigenvalue weighted by atomic mass is 19.2. The van der Waals surface area contributed by atoms with Crippen molar-refractivity contribution in [1.29, 1.82) is 0 Å². The quantitative estimate of drug-likeness (QED) is 0.825. The van der Waals surface area contributed by atoms with Crippen LogP contribution in [0.4, 0.5) is 13.2 Å². The monoisotopic (exact) mass is 280 g/mol. The van der Waals surface area contributed by atoms with Crippen molar-refractivity contribution in [1.82, 2.24) is 0 Å². The fourth-order valence-corrected chi connectivity index (χ4v) is 2.31. The Hall–Kier alpha value is -1.81. The van der Waals surface area contributed by atoms with Gasteiger partial charge in [0.15, 0.2) is 17.5 Å². The maximum Gasteiger partial charge on any atom is 0.194 e. The Kier molecular flexibility index (Phi) is 3.61. The summed E-state index contributed by atoms with van der Waals surface area (Å²) < 4.78 is 40.2. The molecule has 0 aliphatic rings. The normalized spacial score (nSPS) is 14.2. The molecule has 0 bridgehead atoms. The third-order valence-electron chi connectivity index (χ3n) is 3.34. The molecule has 4 heteroatoms. The van der Waals surface area contributed by atoms with Crippen molar-refractivity contribution in [3.05, 3.63) is 70.0 Å². The summed E-state index contributed by atoms with van der Waals surface area (Å²) in [6.07, 6.45) is 0. The lowest BCUT2D eigenvalue weighted by atomic mass is 9.86. The van der Waals surface area contributed by atoms with Gasteiger partial charge in [-0.05, 0) is 38.5 Å². The molecule has 0 aromatic heterocycles. The molecule has 0 saturated carbocycles. The van der Waals surface area contributed by atoms with E-state index in [0.717, 1.165) is 23.3 Å². The van der Waals surface area contributed by atoms with Crippen molar-refractivity contribution in [2.75, 3.05) is 0 Å². The van der Waals surface area contributed by atoms with Gasteiger partial charge in [-0.1, -0.05) is 29.3 Å². The van der Waals surface area contributed by atoms with Gasteiger partial charge in [0.25, 0.3) is 0 Å². The molecule has 20 heavy (non-hydrogen) atoms. The predicted molar refractivity (Wildman–Crippen MR) is 70.9 cm³/mol. The van der Waals surface area contributed by atoms with Gasteiger partial charge in [0.1, 0.15) is 5.60 Å². The van der Waals surface area contributed by atoms with Crippen molar-refractivity contribution in [3.8, 4) is 0 Å². The van der Waals surface area contributed by atoms with Crippen molar-refractivity contribution in [2.45, 2.75) is 26.4 Å². The molecule has 0 fully saturated rings. The fourth-order valence-electron chi connectivity index (χ4n) is 2.31. The molecule has 0 aliphatic carbocycles. The van der Waals surface area contributed by atoms with Crippen LogP contribution in [0.2, 0.25) is 0 Å². The minimum Gasteiger partial charge on any atom is -0.381 e. The van der Waals surface area contributed by atoms with Gasteiger partial charge in [0, 0.05) is 5.56 Å². The lowest BCUT2D eigenvalue weighted by Gasteiger charge is -2.26. The van der Waals surface area contributed by atoms with E-state index in [1.54, 1.807) is 12.1 Å². The van der Waals surface area contributed by atoms with Gasteiger partial charge in [0.05, 0.1) is 0 Å². The van der Waals surface area contributed by atoms with Crippen LogP contribution in [0.3, 0.4) is 0 Å². The van der Waals surface area contributed by atoms with E-state index < -0.39 is 23.1 Å². The highest BCUT2D eigenvalue weighted by molar-refractivity contribution is 5.40. The molecule has 2 aromatic carbocycles. The van der Waals surface area contributed by atoms with E-state index in [1.807, 2.05) is 19.9 Å². The van der Waals surface area contributed by atoms with Crippen LogP contribution in [0.25, 0.3) is 0 Å². The van der Waals surface area contributed by atoms with Gasteiger partial charge in [-0.15, -0.1) is 0 Å². The second kappa shape index (κ2) is 4.94. The molecule has 1 atom stereocenters. The van der Waals surface area contributed by atoms with Crippen LogP contribution in [0.5, 0.6) is 0 Å². The minimum absolute atomic E-state index is 0.290. The summed E-state index contributed by atoms with van der Waals surface area (Å²) in [6.45, 7) is 5.04. The zero-order chi connectivity index (χ0) is 15.1. The largest absolute Gasteiger partial charge is 0.381 e. The smallest absolute Gasteiger partial charge is 0.194 e. The number of benzene rings is 2. The second-order valence-corrected chi connectivity index (χ2v) is 5.17. The van der Waals surface area contributed by atoms with Gasteiger partial charge in [-0.2, -0.15) is 0 Å². The zero-order valence-corrected chi connectivity index (χ0v) is 11.5. The van der Waals surface area contributed by atoms with Crippen LogP contribution in [0, 0.1) is 31.3 Å². The van der Waals surface area contributed by atoms with Gasteiger partial charge in [-0.25, -0.2) is 13.2 Å². The molecule has 0 spiro atoms. The molecular formula is C16H15F3O. The molecule has 2 aromatic rings. The third kappa shape index (κ3) is 2.43. The van der Waals surface area contributed by atoms with E-state index in [2.05, 4.69) is 0 Å². The SMILES string of the molecule is Cc1cc(C)cc(C(C)(O)c2ccc(F)c(F)c2F)c1. The number of hydrogen-bond donors (Lipinski definition) is 1. The van der Waals surface area contributed by atoms with Crippen molar-refractivity contribution < 1.29 is 18.3 Å². The van der Waals surface area contributed by atoms with Crippen LogP contribution >= 0.6 is 0 Å². The molecule has 2 rings (SSSR count). The summed E-state index contributed by atoms with van der Waals surface area (Å²) in [7, 11) is 0. The Bertz CT molecular complexity index is 643. The Morgan fingerprint density at radius 3 is 2.00 bits per heavy atom. The average molecular weight is 280 g/mol. The highest BCUT2D eigenvalue weighted by Gasteiger charge is 2.31. The standard InChI is InChI=1S/C16H15F3O/c1-9-6-10(2)8-11(7-9)16(3,20)12-4-5-13(17)15(19)14(12)18/h4-8,20H,1-3H3. The molecule has 0 radical (unpaired) electrons. The summed E-state index contributed by atoms with van der Waals surface area (Å²) in [6, 6.07) is 7.15. The van der Waals surface area contributed by atoms with Crippen molar-refractivity contribution in [2.24, 2.45) is 0 Å². The number of rotatable bonds is 2. The summed E-state index contributed by atoms with van der Waals surface area (Å²) in [5.74, 6) is -4.22. The molecule has 0 aliphatic heterocycles. The summed E-state index contributed by atoms with van der Waals surface area (Å²) >= 11 is 0. The Morgan fingerprint density at radius 1 is 0.900 bits per heavy atom. The van der Waals surface area contributed by atoms with Crippen molar-refractivity contribution >= 4 is 0 Å². The molecule has 0 saturated heterocycles. The van der Waals surface area contributed by atoms with E-state index in [4.69, 9.17) is 0 Å². The molecule has 1 N–H and O–H groups in total. The van der Waals surface area contributed by atoms with Gasteiger partial charge in [0.2, 0.25) is 0 Å². The van der Waals surface area contributed by atoms with Gasteiger partial charge >= 0.3 is 0 Å². The molecule has 1 unspecified atom stereocenters. The van der Waals surface area contributed by atoms with Crippen LogP contribution in [0.1, 0.15) is 29.2 Å². The van der Waals surface area contributed by atoms with Gasteiger partial charge in [-0.3, -0.25) is 0 Å². The Labute approximate surface area is 115 Å². The number of aryl methyl sites for hydroxylation is 2. The minimum atomic E-state index is -1.74. The van der Waals surface area contributed by atoms with E-state index >= 15 is 0 Å². The molecule has 1 nitrogen and oxygen atoms in total. The maximum atomic E-state index is 13.9. The molecule has 106 valence electrons. The first-order chi connectivity index (χ1) is 9.23. The van der Waals surface area contributed by atoms with E-state index in [1.165, 1.54) is 6.92 Å². The molecule has 0 heterocycles. The lowest BCUT2D eigenvalue weighted by molar-refractivity contribution is 0.0966. The van der Waals surface area contributed by atoms with E-state index in [-0.39, 0.29) is 5.56 Å². The average Bonchev–Trinajstić information content (AvgIpc) is 2.34.